The minimum atomic E-state index is -0.713. The molecule has 3 N–H and O–H groups in total. The molecule has 12 heteroatoms. The van der Waals surface area contributed by atoms with E-state index in [-0.39, 0.29) is 35.9 Å². The summed E-state index contributed by atoms with van der Waals surface area (Å²) in [5.41, 5.74) is 4.97. The van der Waals surface area contributed by atoms with Gasteiger partial charge < -0.3 is 9.80 Å². The Balaban J connectivity index is 1.69. The van der Waals surface area contributed by atoms with Gasteiger partial charge in [0.1, 0.15) is 0 Å². The molecule has 1 saturated heterocycles. The summed E-state index contributed by atoms with van der Waals surface area (Å²) in [7, 11) is 2.01. The average molecular weight is 472 g/mol. The summed E-state index contributed by atoms with van der Waals surface area (Å²) in [6, 6.07) is 0.212. The number of halogens is 2. The van der Waals surface area contributed by atoms with Gasteiger partial charge in [0.05, 0.1) is 12.5 Å². The molecular weight excluding hydrogens is 441 g/mol. The van der Waals surface area contributed by atoms with Crippen LogP contribution in [0.25, 0.3) is 0 Å². The Hall–Kier alpha value is -2.24. The third kappa shape index (κ3) is 6.17. The molecule has 2 fully saturated rings. The van der Waals surface area contributed by atoms with Crippen LogP contribution in [0.2, 0.25) is 5.28 Å². The second-order valence-electron chi connectivity index (χ2n) is 8.68. The summed E-state index contributed by atoms with van der Waals surface area (Å²) in [4.78, 5) is 35.5. The monoisotopic (exact) mass is 471 g/mol. The van der Waals surface area contributed by atoms with E-state index in [1.54, 1.807) is 4.90 Å². The second kappa shape index (κ2) is 11.1. The highest BCUT2D eigenvalue weighted by molar-refractivity contribution is 6.28. The smallest absolute Gasteiger partial charge is 0.243 e. The van der Waals surface area contributed by atoms with E-state index >= 15 is 4.39 Å². The molecule has 0 spiro atoms. The number of amides is 2. The highest BCUT2D eigenvalue weighted by Gasteiger charge is 2.29. The summed E-state index contributed by atoms with van der Waals surface area (Å²) in [6.07, 6.45) is 5.00. The molecule has 0 unspecified atom stereocenters. The van der Waals surface area contributed by atoms with Crippen molar-refractivity contribution in [3.05, 3.63) is 11.1 Å². The van der Waals surface area contributed by atoms with E-state index in [1.807, 2.05) is 14.0 Å². The number of hydrogen-bond acceptors (Lipinski definition) is 8. The van der Waals surface area contributed by atoms with Gasteiger partial charge in [0.25, 0.3) is 0 Å². The molecule has 32 heavy (non-hydrogen) atoms. The first-order valence-corrected chi connectivity index (χ1v) is 11.3. The van der Waals surface area contributed by atoms with Crippen LogP contribution in [0.3, 0.4) is 0 Å². The van der Waals surface area contributed by atoms with E-state index in [2.05, 4.69) is 25.7 Å². The maximum atomic E-state index is 15.2. The van der Waals surface area contributed by atoms with E-state index in [0.29, 0.717) is 30.5 Å². The van der Waals surface area contributed by atoms with Gasteiger partial charge in [-0.3, -0.25) is 25.6 Å². The van der Waals surface area contributed by atoms with Crippen molar-refractivity contribution in [1.29, 1.82) is 0 Å². The van der Waals surface area contributed by atoms with Gasteiger partial charge in [-0.05, 0) is 37.9 Å². The van der Waals surface area contributed by atoms with Gasteiger partial charge >= 0.3 is 0 Å². The largest absolute Gasteiger partial charge is 0.351 e. The van der Waals surface area contributed by atoms with Crippen LogP contribution in [0.5, 0.6) is 0 Å². The van der Waals surface area contributed by atoms with Gasteiger partial charge in [-0.1, -0.05) is 25.7 Å². The van der Waals surface area contributed by atoms with Crippen molar-refractivity contribution in [3.63, 3.8) is 0 Å². The molecule has 3 rings (SSSR count). The van der Waals surface area contributed by atoms with Crippen LogP contribution < -0.4 is 15.8 Å². The van der Waals surface area contributed by atoms with Crippen molar-refractivity contribution in [2.45, 2.75) is 45.1 Å². The molecule has 178 valence electrons. The number of hydrazine groups is 1. The molecule has 0 aromatic carbocycles. The molecular formula is C20H31ClFN7O3. The molecule has 2 atom stereocenters. The zero-order valence-electron chi connectivity index (χ0n) is 18.4. The molecule has 2 aliphatic rings. The minimum absolute atomic E-state index is 0.0756. The number of hydroxylamine groups is 2. The molecule has 10 nitrogen and oxygen atoms in total. The molecule has 1 saturated carbocycles. The van der Waals surface area contributed by atoms with Crippen LogP contribution in [0.1, 0.15) is 39.0 Å². The molecule has 0 bridgehead atoms. The second-order valence-corrected chi connectivity index (χ2v) is 9.02. The van der Waals surface area contributed by atoms with Gasteiger partial charge in [-0.25, -0.2) is 5.06 Å². The molecule has 1 aromatic heterocycles. The predicted molar refractivity (Wildman–Crippen MR) is 118 cm³/mol. The number of anilines is 2. The maximum Gasteiger partial charge on any atom is 0.243 e. The lowest BCUT2D eigenvalue weighted by atomic mass is 9.92. The van der Waals surface area contributed by atoms with Gasteiger partial charge in [0.15, 0.2) is 11.6 Å². The number of nitrogens with zero attached hydrogens (tertiary/aromatic N) is 5. The van der Waals surface area contributed by atoms with Crippen LogP contribution in [0, 0.1) is 17.7 Å². The molecule has 1 aliphatic heterocycles. The number of hydrogen-bond donors (Lipinski definition) is 3. The van der Waals surface area contributed by atoms with E-state index in [1.165, 1.54) is 0 Å². The average Bonchev–Trinajstić information content (AvgIpc) is 3.28. The fraction of sp³-hybridized carbons (Fsp3) is 0.700. The Kier molecular flexibility index (Phi) is 8.44. The van der Waals surface area contributed by atoms with Crippen molar-refractivity contribution in [3.8, 4) is 0 Å². The first-order valence-electron chi connectivity index (χ1n) is 10.9. The third-order valence-corrected chi connectivity index (χ3v) is 6.53. The third-order valence-electron chi connectivity index (χ3n) is 6.36. The quantitative estimate of drug-likeness (QED) is 0.216. The predicted octanol–water partition coefficient (Wildman–Crippen LogP) is 1.90. The topological polar surface area (TPSA) is 114 Å². The van der Waals surface area contributed by atoms with Gasteiger partial charge in [-0.15, -0.1) is 0 Å². The van der Waals surface area contributed by atoms with Crippen LogP contribution in [0.4, 0.5) is 16.0 Å². The molecule has 0 radical (unpaired) electrons. The summed E-state index contributed by atoms with van der Waals surface area (Å²) >= 11 is 6.03. The van der Waals surface area contributed by atoms with Crippen molar-refractivity contribution >= 4 is 35.6 Å². The first kappa shape index (κ1) is 24.4. The lowest BCUT2D eigenvalue weighted by molar-refractivity contribution is -0.154. The Morgan fingerprint density at radius 1 is 1.38 bits per heavy atom. The molecule has 1 aromatic rings. The Labute approximate surface area is 192 Å². The van der Waals surface area contributed by atoms with Gasteiger partial charge in [0, 0.05) is 25.7 Å². The number of carbonyl (C=O) groups is 2. The molecule has 2 amide bonds. The van der Waals surface area contributed by atoms with Crippen LogP contribution in [-0.4, -0.2) is 76.7 Å². The first-order chi connectivity index (χ1) is 15.3. The van der Waals surface area contributed by atoms with Gasteiger partial charge in [-0.2, -0.15) is 14.4 Å². The van der Waals surface area contributed by atoms with Gasteiger partial charge in [0.2, 0.25) is 23.4 Å². The number of nitrogens with one attached hydrogen (secondary N) is 2. The maximum absolute atomic E-state index is 15.2. The van der Waals surface area contributed by atoms with Crippen molar-refractivity contribution in [2.75, 3.05) is 43.6 Å². The van der Waals surface area contributed by atoms with Crippen LogP contribution >= 0.6 is 11.6 Å². The Morgan fingerprint density at radius 2 is 2.09 bits per heavy atom. The lowest BCUT2D eigenvalue weighted by Gasteiger charge is -2.38. The Morgan fingerprint density at radius 3 is 2.75 bits per heavy atom. The van der Waals surface area contributed by atoms with E-state index in [9.17, 15) is 14.8 Å². The number of aromatic nitrogens is 2. The molecule has 1 aliphatic carbocycles. The zero-order valence-corrected chi connectivity index (χ0v) is 19.2. The lowest BCUT2D eigenvalue weighted by Crippen LogP contribution is -2.50. The Bertz CT molecular complexity index is 812. The van der Waals surface area contributed by atoms with Crippen molar-refractivity contribution in [1.82, 2.24) is 25.4 Å². The zero-order chi connectivity index (χ0) is 23.3. The van der Waals surface area contributed by atoms with E-state index < -0.39 is 17.6 Å². The highest BCUT2D eigenvalue weighted by atomic mass is 35.5. The minimum Gasteiger partial charge on any atom is -0.351 e. The van der Waals surface area contributed by atoms with Crippen molar-refractivity contribution in [2.24, 2.45) is 11.8 Å². The summed E-state index contributed by atoms with van der Waals surface area (Å²) in [5, 5.41) is 9.90. The van der Waals surface area contributed by atoms with Crippen LogP contribution in [0.15, 0.2) is 0 Å². The number of piperazine rings is 1. The fourth-order valence-corrected chi connectivity index (χ4v) is 4.51. The summed E-state index contributed by atoms with van der Waals surface area (Å²) in [5.74, 6) is -1.65. The number of rotatable bonds is 9. The van der Waals surface area contributed by atoms with E-state index in [4.69, 9.17) is 11.6 Å². The normalized spacial score (nSPS) is 20.8. The summed E-state index contributed by atoms with van der Waals surface area (Å²) < 4.78 is 15.2. The number of likely N-dealkylation sites (N-methyl/N-ethyl adjacent to an activating group) is 1. The van der Waals surface area contributed by atoms with Crippen LogP contribution in [-0.2, 0) is 9.59 Å². The highest BCUT2D eigenvalue weighted by Crippen LogP contribution is 2.31. The van der Waals surface area contributed by atoms with Crippen molar-refractivity contribution < 1.29 is 19.2 Å². The molecule has 2 heterocycles. The standard InChI is InChI=1S/C20H31ClFN7O3/c1-13-10-28(8-7-27(13)2)18-16(22)17(23-20(21)24-18)25-26-19(31)15(11-29(32)12-30)9-14-5-3-4-6-14/h12-15,32H,3-11H2,1-2H3,(H,26,31)(H,23,24,25)/t13-,15-/m0/s1. The summed E-state index contributed by atoms with van der Waals surface area (Å²) in [6.45, 7) is 3.80. The van der Waals surface area contributed by atoms with E-state index in [0.717, 1.165) is 32.2 Å². The SMILES string of the molecule is C[C@H]1CN(c2nc(Cl)nc(NNC(=O)[C@@H](CC3CCCC3)CN(O)C=O)c2F)CCN1C. The fourth-order valence-electron chi connectivity index (χ4n) is 4.35. The number of carbonyl (C=O) groups excluding carboxylic acids is 2.